The molecule has 0 aliphatic carbocycles. The first-order chi connectivity index (χ1) is 12.0. The van der Waals surface area contributed by atoms with Crippen molar-refractivity contribution in [2.24, 2.45) is 0 Å². The number of hydrogen-bond acceptors (Lipinski definition) is 4. The van der Waals surface area contributed by atoms with Gasteiger partial charge in [0.05, 0.1) is 5.52 Å². The molecule has 0 atom stereocenters. The molecule has 0 spiro atoms. The Morgan fingerprint density at radius 2 is 1.96 bits per heavy atom. The highest BCUT2D eigenvalue weighted by atomic mass is 16.4. The van der Waals surface area contributed by atoms with Crippen LogP contribution in [-0.2, 0) is 11.3 Å². The van der Waals surface area contributed by atoms with Crippen molar-refractivity contribution < 1.29 is 14.0 Å². The molecule has 1 aromatic heterocycles. The van der Waals surface area contributed by atoms with Gasteiger partial charge in [-0.15, -0.1) is 0 Å². The molecule has 6 heteroatoms. The molecule has 25 heavy (non-hydrogen) atoms. The van der Waals surface area contributed by atoms with Gasteiger partial charge in [0.15, 0.2) is 11.4 Å². The monoisotopic (exact) mass is 338 g/mol. The molecule has 0 radical (unpaired) electrons. The highest BCUT2D eigenvalue weighted by molar-refractivity contribution is 6.00. The number of benzene rings is 2. The van der Waals surface area contributed by atoms with E-state index < -0.39 is 5.76 Å². The number of oxazole rings is 1. The molecular weight excluding hydrogens is 320 g/mol. The zero-order chi connectivity index (χ0) is 17.8. The molecule has 0 aliphatic heterocycles. The second-order valence-corrected chi connectivity index (χ2v) is 5.91. The number of H-pyrrole nitrogens is 1. The molecule has 1 heterocycles. The van der Waals surface area contributed by atoms with Crippen LogP contribution in [0.2, 0.25) is 0 Å². The average Bonchev–Trinajstić information content (AvgIpc) is 2.97. The minimum Gasteiger partial charge on any atom is -0.408 e. The van der Waals surface area contributed by atoms with Gasteiger partial charge >= 0.3 is 5.76 Å². The number of Topliss-reactive ketones (excluding diaryl/α,β-unsaturated/α-hetero) is 1. The van der Waals surface area contributed by atoms with Crippen LogP contribution in [0.5, 0.6) is 0 Å². The number of aromatic nitrogens is 1. The normalized spacial score (nSPS) is 10.8. The summed E-state index contributed by atoms with van der Waals surface area (Å²) in [5.74, 6) is -0.907. The fourth-order valence-corrected chi connectivity index (χ4v) is 2.60. The van der Waals surface area contributed by atoms with E-state index in [-0.39, 0.29) is 24.5 Å². The minimum absolute atomic E-state index is 0.0970. The van der Waals surface area contributed by atoms with Gasteiger partial charge in [-0.05, 0) is 30.7 Å². The predicted molar refractivity (Wildman–Crippen MR) is 93.4 cm³/mol. The van der Waals surface area contributed by atoms with E-state index in [9.17, 15) is 14.4 Å². The van der Waals surface area contributed by atoms with Crippen LogP contribution in [0.3, 0.4) is 0 Å². The quantitative estimate of drug-likeness (QED) is 0.676. The minimum atomic E-state index is -0.560. The molecule has 128 valence electrons. The lowest BCUT2D eigenvalue weighted by Crippen LogP contribution is -2.23. The molecule has 0 bridgehead atoms. The van der Waals surface area contributed by atoms with Crippen molar-refractivity contribution in [2.75, 3.05) is 0 Å². The lowest BCUT2D eigenvalue weighted by Gasteiger charge is -2.06. The van der Waals surface area contributed by atoms with Crippen LogP contribution >= 0.6 is 0 Å². The molecule has 2 N–H and O–H groups in total. The Morgan fingerprint density at radius 3 is 2.76 bits per heavy atom. The van der Waals surface area contributed by atoms with Crippen LogP contribution in [0.25, 0.3) is 11.1 Å². The van der Waals surface area contributed by atoms with E-state index in [1.165, 1.54) is 6.07 Å². The molecule has 6 nitrogen and oxygen atoms in total. The first-order valence-corrected chi connectivity index (χ1v) is 7.99. The summed E-state index contributed by atoms with van der Waals surface area (Å²) in [4.78, 5) is 37.8. The standard InChI is InChI=1S/C19H18N2O4/c1-12-3-2-4-13(9-12)11-20-18(23)8-7-16(22)14-5-6-15-17(10-14)25-19(24)21-15/h2-6,9-10H,7-8,11H2,1H3,(H,20,23)(H,21,24). The molecule has 2 aromatic carbocycles. The molecule has 0 saturated carbocycles. The van der Waals surface area contributed by atoms with E-state index >= 15 is 0 Å². The Kier molecular flexibility index (Phi) is 4.79. The summed E-state index contributed by atoms with van der Waals surface area (Å²) < 4.78 is 4.94. The van der Waals surface area contributed by atoms with Gasteiger partial charge in [0.25, 0.3) is 0 Å². The van der Waals surface area contributed by atoms with Gasteiger partial charge in [-0.1, -0.05) is 29.8 Å². The topological polar surface area (TPSA) is 92.2 Å². The zero-order valence-electron chi connectivity index (χ0n) is 13.8. The number of carbonyl (C=O) groups is 2. The fourth-order valence-electron chi connectivity index (χ4n) is 2.60. The summed E-state index contributed by atoms with van der Waals surface area (Å²) in [6, 6.07) is 12.6. The molecule has 0 fully saturated rings. The largest absolute Gasteiger partial charge is 0.417 e. The summed E-state index contributed by atoms with van der Waals surface area (Å²) in [6.07, 6.45) is 0.208. The van der Waals surface area contributed by atoms with Crippen molar-refractivity contribution in [1.82, 2.24) is 10.3 Å². The summed E-state index contributed by atoms with van der Waals surface area (Å²) >= 11 is 0. The maximum absolute atomic E-state index is 12.2. The number of amides is 1. The molecule has 0 unspecified atom stereocenters. The Hall–Kier alpha value is -3.15. The van der Waals surface area contributed by atoms with Crippen molar-refractivity contribution in [3.63, 3.8) is 0 Å². The first kappa shape index (κ1) is 16.7. The maximum atomic E-state index is 12.2. The molecule has 0 saturated heterocycles. The van der Waals surface area contributed by atoms with Gasteiger partial charge in [0, 0.05) is 24.9 Å². The second kappa shape index (κ2) is 7.17. The van der Waals surface area contributed by atoms with Crippen molar-refractivity contribution in [2.45, 2.75) is 26.3 Å². The van der Waals surface area contributed by atoms with Gasteiger partial charge in [0.2, 0.25) is 5.91 Å². The van der Waals surface area contributed by atoms with Gasteiger partial charge < -0.3 is 9.73 Å². The van der Waals surface area contributed by atoms with Gasteiger partial charge in [-0.2, -0.15) is 0 Å². The summed E-state index contributed by atoms with van der Waals surface area (Å²) in [5.41, 5.74) is 3.44. The molecule has 0 aliphatic rings. The zero-order valence-corrected chi connectivity index (χ0v) is 13.8. The lowest BCUT2D eigenvalue weighted by molar-refractivity contribution is -0.121. The third kappa shape index (κ3) is 4.23. The third-order valence-electron chi connectivity index (χ3n) is 3.89. The van der Waals surface area contributed by atoms with Crippen molar-refractivity contribution >= 4 is 22.8 Å². The van der Waals surface area contributed by atoms with Crippen molar-refractivity contribution in [3.8, 4) is 0 Å². The van der Waals surface area contributed by atoms with Crippen LogP contribution in [0.1, 0.15) is 34.3 Å². The number of ketones is 1. The Bertz CT molecular complexity index is 984. The Labute approximate surface area is 143 Å². The van der Waals surface area contributed by atoms with Crippen LogP contribution in [0.15, 0.2) is 51.7 Å². The fraction of sp³-hybridized carbons (Fsp3) is 0.211. The summed E-state index contributed by atoms with van der Waals surface area (Å²) in [7, 11) is 0. The summed E-state index contributed by atoms with van der Waals surface area (Å²) in [5, 5.41) is 2.81. The molecule has 1 amide bonds. The molecular formula is C19H18N2O4. The van der Waals surface area contributed by atoms with Crippen molar-refractivity contribution in [1.29, 1.82) is 0 Å². The van der Waals surface area contributed by atoms with E-state index in [1.54, 1.807) is 12.1 Å². The first-order valence-electron chi connectivity index (χ1n) is 7.99. The number of aryl methyl sites for hydroxylation is 1. The third-order valence-corrected chi connectivity index (χ3v) is 3.89. The number of hydrogen-bond donors (Lipinski definition) is 2. The number of nitrogens with one attached hydrogen (secondary N) is 2. The molecule has 3 rings (SSSR count). The van der Waals surface area contributed by atoms with Crippen LogP contribution < -0.4 is 11.1 Å². The van der Waals surface area contributed by atoms with E-state index in [0.29, 0.717) is 23.2 Å². The van der Waals surface area contributed by atoms with E-state index in [0.717, 1.165) is 11.1 Å². The number of fused-ring (bicyclic) bond motifs is 1. The van der Waals surface area contributed by atoms with E-state index in [4.69, 9.17) is 4.42 Å². The van der Waals surface area contributed by atoms with Crippen molar-refractivity contribution in [3.05, 3.63) is 69.7 Å². The van der Waals surface area contributed by atoms with Gasteiger partial charge in [-0.3, -0.25) is 14.6 Å². The van der Waals surface area contributed by atoms with Gasteiger partial charge in [0.1, 0.15) is 0 Å². The van der Waals surface area contributed by atoms with Crippen LogP contribution in [-0.4, -0.2) is 16.7 Å². The Morgan fingerprint density at radius 1 is 1.12 bits per heavy atom. The Balaban J connectivity index is 1.53. The number of aromatic amines is 1. The SMILES string of the molecule is Cc1cccc(CNC(=O)CCC(=O)c2ccc3[nH]c(=O)oc3c2)c1. The predicted octanol–water partition coefficient (Wildman–Crippen LogP) is 2.71. The van der Waals surface area contributed by atoms with E-state index in [1.807, 2.05) is 31.2 Å². The second-order valence-electron chi connectivity index (χ2n) is 5.91. The van der Waals surface area contributed by atoms with Gasteiger partial charge in [-0.25, -0.2) is 4.79 Å². The molecule has 3 aromatic rings. The summed E-state index contributed by atoms with van der Waals surface area (Å²) in [6.45, 7) is 2.43. The smallest absolute Gasteiger partial charge is 0.408 e. The lowest BCUT2D eigenvalue weighted by atomic mass is 10.1. The number of carbonyl (C=O) groups excluding carboxylic acids is 2. The highest BCUT2D eigenvalue weighted by Crippen LogP contribution is 2.14. The number of rotatable bonds is 6. The maximum Gasteiger partial charge on any atom is 0.417 e. The average molecular weight is 338 g/mol. The highest BCUT2D eigenvalue weighted by Gasteiger charge is 2.11. The van der Waals surface area contributed by atoms with Crippen LogP contribution in [0, 0.1) is 6.92 Å². The van der Waals surface area contributed by atoms with E-state index in [2.05, 4.69) is 10.3 Å². The van der Waals surface area contributed by atoms with Crippen LogP contribution in [0.4, 0.5) is 0 Å².